The van der Waals surface area contributed by atoms with E-state index in [4.69, 9.17) is 9.47 Å². The Morgan fingerprint density at radius 1 is 0.647 bits per heavy atom. The second-order valence-electron chi connectivity index (χ2n) is 15.6. The predicted octanol–water partition coefficient (Wildman–Crippen LogP) is 5.41. The van der Waals surface area contributed by atoms with Crippen LogP contribution in [-0.2, 0) is 14.3 Å². The minimum atomic E-state index is -1.65. The summed E-state index contributed by atoms with van der Waals surface area (Å²) in [6, 6.07) is -1.16. The van der Waals surface area contributed by atoms with Crippen molar-refractivity contribution in [2.24, 2.45) is 5.92 Å². The van der Waals surface area contributed by atoms with Crippen LogP contribution in [0, 0.1) is 5.92 Å². The highest BCUT2D eigenvalue weighted by atomic mass is 16.7. The van der Waals surface area contributed by atoms with Crippen LogP contribution in [-0.4, -0.2) is 110 Å². The number of unbranched alkanes of at least 4 members (excludes halogenated alkanes) is 19. The van der Waals surface area contributed by atoms with Crippen molar-refractivity contribution in [1.29, 1.82) is 0 Å². The van der Waals surface area contributed by atoms with Crippen LogP contribution in [0.1, 0.15) is 175 Å². The van der Waals surface area contributed by atoms with Gasteiger partial charge in [-0.3, -0.25) is 4.79 Å². The molecule has 1 saturated heterocycles. The number of rotatable bonds is 33. The van der Waals surface area contributed by atoms with Gasteiger partial charge in [0.15, 0.2) is 6.29 Å². The first-order chi connectivity index (χ1) is 24.5. The van der Waals surface area contributed by atoms with E-state index in [0.717, 1.165) is 44.4 Å². The van der Waals surface area contributed by atoms with Gasteiger partial charge in [0.05, 0.1) is 25.4 Å². The Morgan fingerprint density at radius 3 is 1.57 bits per heavy atom. The molecule has 0 aromatic rings. The molecular weight excluding hydrogens is 654 g/mol. The van der Waals surface area contributed by atoms with E-state index in [-0.39, 0.29) is 6.42 Å². The number of carbonyl (C=O) groups is 1. The molecule has 1 amide bonds. The van der Waals surface area contributed by atoms with E-state index in [0.29, 0.717) is 19.3 Å². The van der Waals surface area contributed by atoms with Crippen molar-refractivity contribution in [3.8, 4) is 0 Å². The fraction of sp³-hybridized carbons (Fsp3) is 0.975. The van der Waals surface area contributed by atoms with Gasteiger partial charge in [0, 0.05) is 0 Å². The monoisotopic (exact) mass is 734 g/mol. The summed E-state index contributed by atoms with van der Waals surface area (Å²) in [6.07, 6.45) is 14.5. The van der Waals surface area contributed by atoms with Gasteiger partial charge in [-0.2, -0.15) is 0 Å². The summed E-state index contributed by atoms with van der Waals surface area (Å²) in [5.41, 5.74) is 0. The predicted molar refractivity (Wildman–Crippen MR) is 201 cm³/mol. The summed E-state index contributed by atoms with van der Waals surface area (Å²) >= 11 is 0. The van der Waals surface area contributed by atoms with Gasteiger partial charge in [-0.1, -0.05) is 162 Å². The molecule has 1 rings (SSSR count). The minimum Gasteiger partial charge on any atom is -0.394 e. The van der Waals surface area contributed by atoms with Crippen LogP contribution in [0.4, 0.5) is 0 Å². The topological polar surface area (TPSA) is 189 Å². The number of aliphatic hydroxyl groups is 7. The van der Waals surface area contributed by atoms with Crippen molar-refractivity contribution in [1.82, 2.24) is 5.32 Å². The number of aliphatic hydroxyl groups excluding tert-OH is 7. The van der Waals surface area contributed by atoms with Crippen LogP contribution in [0.3, 0.4) is 0 Å². The third kappa shape index (κ3) is 22.2. The Labute approximate surface area is 309 Å². The third-order valence-electron chi connectivity index (χ3n) is 10.3. The van der Waals surface area contributed by atoms with Gasteiger partial charge in [0.2, 0.25) is 5.91 Å². The second-order valence-corrected chi connectivity index (χ2v) is 15.6. The first kappa shape index (κ1) is 48.1. The Kier molecular flexibility index (Phi) is 28.7. The maximum atomic E-state index is 13.0. The molecule has 11 heteroatoms. The van der Waals surface area contributed by atoms with E-state index in [2.05, 4.69) is 26.1 Å². The van der Waals surface area contributed by atoms with E-state index < -0.39 is 74.2 Å². The zero-order valence-corrected chi connectivity index (χ0v) is 32.5. The lowest BCUT2D eigenvalue weighted by atomic mass is 9.98. The highest BCUT2D eigenvalue weighted by Crippen LogP contribution is 2.23. The number of carbonyl (C=O) groups excluding carboxylic acids is 1. The molecule has 0 unspecified atom stereocenters. The number of ether oxygens (including phenoxy) is 2. The zero-order valence-electron chi connectivity index (χ0n) is 32.5. The lowest BCUT2D eigenvalue weighted by Gasteiger charge is -2.40. The molecule has 11 nitrogen and oxygen atoms in total. The smallest absolute Gasteiger partial charge is 0.249 e. The molecule has 0 aromatic carbocycles. The SMILES string of the molecule is CCCCCCCCCCCCCC[C@H](O)C(=O)N[C@@H](CO[C@@H]1O[C@H](CO)[C@@H](O)[C@H](O)[C@H]1O)[C@H](O)[C@H](O)CCCCCCCCCCCC(C)C. The largest absolute Gasteiger partial charge is 0.394 e. The first-order valence-electron chi connectivity index (χ1n) is 20.8. The highest BCUT2D eigenvalue weighted by Gasteiger charge is 2.44. The molecule has 1 heterocycles. The number of nitrogens with one attached hydrogen (secondary N) is 1. The summed E-state index contributed by atoms with van der Waals surface area (Å²) in [5, 5.41) is 75.3. The van der Waals surface area contributed by atoms with Crippen LogP contribution in [0.25, 0.3) is 0 Å². The van der Waals surface area contributed by atoms with Crippen LogP contribution in [0.5, 0.6) is 0 Å². The molecule has 8 N–H and O–H groups in total. The van der Waals surface area contributed by atoms with E-state index >= 15 is 0 Å². The molecule has 0 saturated carbocycles. The molecule has 0 spiro atoms. The van der Waals surface area contributed by atoms with Crippen molar-refractivity contribution in [3.05, 3.63) is 0 Å². The lowest BCUT2D eigenvalue weighted by molar-refractivity contribution is -0.303. The van der Waals surface area contributed by atoms with E-state index in [1.54, 1.807) is 0 Å². The van der Waals surface area contributed by atoms with Gasteiger partial charge in [0.1, 0.15) is 36.6 Å². The van der Waals surface area contributed by atoms with Crippen molar-refractivity contribution in [2.75, 3.05) is 13.2 Å². The van der Waals surface area contributed by atoms with E-state index in [1.807, 2.05) is 0 Å². The molecule has 9 atom stereocenters. The Balaban J connectivity index is 2.53. The Morgan fingerprint density at radius 2 is 1.10 bits per heavy atom. The third-order valence-corrected chi connectivity index (χ3v) is 10.3. The van der Waals surface area contributed by atoms with Crippen LogP contribution < -0.4 is 5.32 Å². The molecule has 1 aliphatic heterocycles. The summed E-state index contributed by atoms with van der Waals surface area (Å²) in [5.74, 6) is 0.0665. The van der Waals surface area contributed by atoms with Crippen LogP contribution in [0.15, 0.2) is 0 Å². The number of amides is 1. The number of hydrogen-bond acceptors (Lipinski definition) is 10. The van der Waals surface area contributed by atoms with Gasteiger partial charge >= 0.3 is 0 Å². The second kappa shape index (κ2) is 30.4. The van der Waals surface area contributed by atoms with Gasteiger partial charge in [-0.05, 0) is 18.8 Å². The minimum absolute atomic E-state index is 0.264. The average molecular weight is 734 g/mol. The summed E-state index contributed by atoms with van der Waals surface area (Å²) < 4.78 is 11.0. The van der Waals surface area contributed by atoms with Crippen molar-refractivity contribution < 1.29 is 50.0 Å². The first-order valence-corrected chi connectivity index (χ1v) is 20.8. The highest BCUT2D eigenvalue weighted by molar-refractivity contribution is 5.80. The maximum absolute atomic E-state index is 13.0. The fourth-order valence-corrected chi connectivity index (χ4v) is 6.80. The fourth-order valence-electron chi connectivity index (χ4n) is 6.80. The van der Waals surface area contributed by atoms with Gasteiger partial charge < -0.3 is 50.5 Å². The van der Waals surface area contributed by atoms with E-state index in [9.17, 15) is 40.5 Å². The van der Waals surface area contributed by atoms with Crippen molar-refractivity contribution in [2.45, 2.75) is 230 Å². The molecular formula is C40H79NO10. The number of hydrogen-bond donors (Lipinski definition) is 8. The molecule has 0 bridgehead atoms. The van der Waals surface area contributed by atoms with Gasteiger partial charge in [-0.15, -0.1) is 0 Å². The van der Waals surface area contributed by atoms with Crippen LogP contribution >= 0.6 is 0 Å². The Bertz CT molecular complexity index is 818. The summed E-state index contributed by atoms with van der Waals surface area (Å²) in [4.78, 5) is 13.0. The molecule has 0 radical (unpaired) electrons. The summed E-state index contributed by atoms with van der Waals surface area (Å²) in [7, 11) is 0. The van der Waals surface area contributed by atoms with E-state index in [1.165, 1.54) is 89.9 Å². The van der Waals surface area contributed by atoms with Gasteiger partial charge in [-0.25, -0.2) is 0 Å². The molecule has 0 aliphatic carbocycles. The van der Waals surface area contributed by atoms with Gasteiger partial charge in [0.25, 0.3) is 0 Å². The van der Waals surface area contributed by atoms with Crippen LogP contribution in [0.2, 0.25) is 0 Å². The molecule has 1 fully saturated rings. The Hall–Kier alpha value is -0.890. The maximum Gasteiger partial charge on any atom is 0.249 e. The molecule has 51 heavy (non-hydrogen) atoms. The molecule has 304 valence electrons. The van der Waals surface area contributed by atoms with Crippen molar-refractivity contribution >= 4 is 5.91 Å². The standard InChI is InChI=1S/C40H79NO10/c1-4-5-6-7-8-9-10-11-14-18-21-24-27-33(44)39(49)41-31(29-50-40-38(48)37(47)36(46)34(28-42)51-40)35(45)32(43)26-23-20-17-15-12-13-16-19-22-25-30(2)3/h30-38,40,42-48H,4-29H2,1-3H3,(H,41,49)/t31-,32+,33-,34+,35-,36+,37-,38+,40+/m0/s1. The average Bonchev–Trinajstić information content (AvgIpc) is 3.11. The normalized spacial score (nSPS) is 23.3. The zero-order chi connectivity index (χ0) is 37.9. The quantitative estimate of drug-likeness (QED) is 0.0405. The molecule has 0 aromatic heterocycles. The molecule has 1 aliphatic rings. The summed E-state index contributed by atoms with van der Waals surface area (Å²) in [6.45, 7) is 5.70. The lowest BCUT2D eigenvalue weighted by Crippen LogP contribution is -2.60. The van der Waals surface area contributed by atoms with Crippen molar-refractivity contribution in [3.63, 3.8) is 0 Å².